The van der Waals surface area contributed by atoms with Crippen molar-refractivity contribution in [1.29, 1.82) is 0 Å². The van der Waals surface area contributed by atoms with E-state index >= 15 is 0 Å². The van der Waals surface area contributed by atoms with Crippen molar-refractivity contribution in [3.8, 4) is 0 Å². The van der Waals surface area contributed by atoms with Crippen LogP contribution in [-0.2, 0) is 0 Å². The summed E-state index contributed by atoms with van der Waals surface area (Å²) in [7, 11) is 0. The molecule has 1 heteroatoms. The van der Waals surface area contributed by atoms with Gasteiger partial charge in [0.05, 0.1) is 0 Å². The van der Waals surface area contributed by atoms with Crippen molar-refractivity contribution < 1.29 is 0 Å². The minimum Gasteiger partial charge on any atom is -0.314 e. The zero-order valence-electron chi connectivity index (χ0n) is 12.3. The summed E-state index contributed by atoms with van der Waals surface area (Å²) in [5, 5.41) is 3.87. The zero-order chi connectivity index (χ0) is 12.5. The van der Waals surface area contributed by atoms with Crippen LogP contribution in [0.1, 0.15) is 72.6 Å². The summed E-state index contributed by atoms with van der Waals surface area (Å²) in [6, 6.07) is 0.759. The second kappa shape index (κ2) is 4.91. The van der Waals surface area contributed by atoms with Crippen LogP contribution in [-0.4, -0.2) is 12.6 Å². The quantitative estimate of drug-likeness (QED) is 0.768. The van der Waals surface area contributed by atoms with Crippen LogP contribution in [0.2, 0.25) is 0 Å². The lowest BCUT2D eigenvalue weighted by atomic mass is 9.63. The van der Waals surface area contributed by atoms with Crippen LogP contribution in [0.4, 0.5) is 0 Å². The number of hydrogen-bond donors (Lipinski definition) is 1. The molecule has 0 radical (unpaired) electrons. The van der Waals surface area contributed by atoms with E-state index in [1.54, 1.807) is 0 Å². The summed E-state index contributed by atoms with van der Waals surface area (Å²) >= 11 is 0. The van der Waals surface area contributed by atoms with Gasteiger partial charge in [-0.2, -0.15) is 0 Å². The molecule has 0 aromatic rings. The molecule has 1 N–H and O–H groups in total. The van der Waals surface area contributed by atoms with Crippen molar-refractivity contribution in [1.82, 2.24) is 5.32 Å². The molecule has 0 aliphatic heterocycles. The third-order valence-electron chi connectivity index (χ3n) is 4.73. The first-order valence-corrected chi connectivity index (χ1v) is 7.60. The van der Waals surface area contributed by atoms with Crippen molar-refractivity contribution in [3.63, 3.8) is 0 Å². The highest BCUT2D eigenvalue weighted by molar-refractivity contribution is 4.92. The Morgan fingerprint density at radius 3 is 2.00 bits per heavy atom. The first kappa shape index (κ1) is 13.4. The lowest BCUT2D eigenvalue weighted by Gasteiger charge is -2.45. The summed E-state index contributed by atoms with van der Waals surface area (Å²) in [5.74, 6) is 0.975. The van der Waals surface area contributed by atoms with E-state index in [0.29, 0.717) is 10.8 Å². The van der Waals surface area contributed by atoms with E-state index in [1.165, 1.54) is 51.5 Å². The van der Waals surface area contributed by atoms with Gasteiger partial charge in [0.1, 0.15) is 0 Å². The Hall–Kier alpha value is -0.0400. The van der Waals surface area contributed by atoms with Crippen LogP contribution >= 0.6 is 0 Å². The van der Waals surface area contributed by atoms with Crippen LogP contribution in [0, 0.1) is 16.7 Å². The molecule has 2 aliphatic rings. The highest BCUT2D eigenvalue weighted by Crippen LogP contribution is 2.45. The Labute approximate surface area is 108 Å². The molecule has 0 aromatic carbocycles. The van der Waals surface area contributed by atoms with E-state index in [2.05, 4.69) is 33.0 Å². The maximum absolute atomic E-state index is 3.87. The van der Waals surface area contributed by atoms with Gasteiger partial charge >= 0.3 is 0 Å². The van der Waals surface area contributed by atoms with E-state index in [-0.39, 0.29) is 0 Å². The molecule has 0 heterocycles. The van der Waals surface area contributed by atoms with E-state index in [0.717, 1.165) is 12.0 Å². The van der Waals surface area contributed by atoms with E-state index < -0.39 is 0 Å². The third kappa shape index (κ3) is 3.98. The highest BCUT2D eigenvalue weighted by Gasteiger charge is 2.38. The lowest BCUT2D eigenvalue weighted by Crippen LogP contribution is -2.45. The maximum atomic E-state index is 3.87. The second-order valence-corrected chi connectivity index (χ2v) is 8.17. The molecule has 0 bridgehead atoms. The molecule has 0 saturated heterocycles. The molecule has 17 heavy (non-hydrogen) atoms. The first-order valence-electron chi connectivity index (χ1n) is 7.60. The van der Waals surface area contributed by atoms with Gasteiger partial charge in [0.2, 0.25) is 0 Å². The van der Waals surface area contributed by atoms with Gasteiger partial charge in [-0.3, -0.25) is 0 Å². The predicted octanol–water partition coefficient (Wildman–Crippen LogP) is 4.37. The van der Waals surface area contributed by atoms with Gasteiger partial charge < -0.3 is 5.32 Å². The summed E-state index contributed by atoms with van der Waals surface area (Å²) in [6.07, 6.45) is 9.97. The van der Waals surface area contributed by atoms with E-state index in [9.17, 15) is 0 Å². The monoisotopic (exact) mass is 237 g/mol. The minimum absolute atomic E-state index is 0.523. The van der Waals surface area contributed by atoms with Gasteiger partial charge in [-0.25, -0.2) is 0 Å². The highest BCUT2D eigenvalue weighted by atomic mass is 14.9. The molecule has 0 amide bonds. The normalized spacial score (nSPS) is 29.6. The zero-order valence-corrected chi connectivity index (χ0v) is 12.3. The van der Waals surface area contributed by atoms with Gasteiger partial charge in [-0.15, -0.1) is 0 Å². The van der Waals surface area contributed by atoms with Crippen molar-refractivity contribution in [3.05, 3.63) is 0 Å². The minimum atomic E-state index is 0.523. The topological polar surface area (TPSA) is 12.0 Å². The smallest absolute Gasteiger partial charge is 0.00773 e. The van der Waals surface area contributed by atoms with Gasteiger partial charge in [0.25, 0.3) is 0 Å². The molecule has 2 rings (SSSR count). The van der Waals surface area contributed by atoms with Crippen LogP contribution in [0.5, 0.6) is 0 Å². The maximum Gasteiger partial charge on any atom is 0.00773 e. The molecule has 100 valence electrons. The fourth-order valence-corrected chi connectivity index (χ4v) is 4.54. The van der Waals surface area contributed by atoms with Crippen molar-refractivity contribution in [2.45, 2.75) is 78.7 Å². The molecule has 2 fully saturated rings. The van der Waals surface area contributed by atoms with Crippen LogP contribution in [0.25, 0.3) is 0 Å². The van der Waals surface area contributed by atoms with Gasteiger partial charge in [0.15, 0.2) is 0 Å². The number of nitrogens with one attached hydrogen (secondary N) is 1. The average molecular weight is 237 g/mol. The van der Waals surface area contributed by atoms with Gasteiger partial charge in [-0.05, 0) is 55.4 Å². The fourth-order valence-electron chi connectivity index (χ4n) is 4.54. The Balaban J connectivity index is 1.83. The van der Waals surface area contributed by atoms with Gasteiger partial charge in [-0.1, -0.05) is 40.5 Å². The molecule has 0 unspecified atom stereocenters. The van der Waals surface area contributed by atoms with E-state index in [1.807, 2.05) is 0 Å². The first-order chi connectivity index (χ1) is 7.86. The molecule has 0 aromatic heterocycles. The molecular weight excluding hydrogens is 206 g/mol. The summed E-state index contributed by atoms with van der Waals surface area (Å²) in [5.41, 5.74) is 1.05. The van der Waals surface area contributed by atoms with Crippen LogP contribution in [0.3, 0.4) is 0 Å². The van der Waals surface area contributed by atoms with E-state index in [4.69, 9.17) is 0 Å². The van der Waals surface area contributed by atoms with Crippen molar-refractivity contribution in [2.75, 3.05) is 6.54 Å². The number of rotatable bonds is 3. The molecule has 0 spiro atoms. The fraction of sp³-hybridized carbons (Fsp3) is 1.00. The number of hydrogen-bond acceptors (Lipinski definition) is 1. The SMILES string of the molecule is CC1(C)CC(NCC2CCCC2)CC(C)(C)C1. The second-order valence-electron chi connectivity index (χ2n) is 8.17. The molecular formula is C16H31N. The van der Waals surface area contributed by atoms with Crippen LogP contribution in [0.15, 0.2) is 0 Å². The average Bonchev–Trinajstić information content (AvgIpc) is 2.61. The summed E-state index contributed by atoms with van der Waals surface area (Å²) in [6.45, 7) is 11.0. The molecule has 2 saturated carbocycles. The standard InChI is InChI=1S/C16H31N/c1-15(2)9-14(10-16(3,4)12-15)17-11-13-7-5-6-8-13/h13-14,17H,5-12H2,1-4H3. The predicted molar refractivity (Wildman–Crippen MR) is 75.2 cm³/mol. The van der Waals surface area contributed by atoms with Crippen LogP contribution < -0.4 is 5.32 Å². The van der Waals surface area contributed by atoms with Crippen molar-refractivity contribution in [2.24, 2.45) is 16.7 Å². The third-order valence-corrected chi connectivity index (χ3v) is 4.73. The molecule has 2 aliphatic carbocycles. The molecule has 1 nitrogen and oxygen atoms in total. The van der Waals surface area contributed by atoms with Crippen molar-refractivity contribution >= 4 is 0 Å². The Kier molecular flexibility index (Phi) is 3.87. The van der Waals surface area contributed by atoms with Gasteiger partial charge in [0, 0.05) is 6.04 Å². The summed E-state index contributed by atoms with van der Waals surface area (Å²) in [4.78, 5) is 0. The summed E-state index contributed by atoms with van der Waals surface area (Å²) < 4.78 is 0. The lowest BCUT2D eigenvalue weighted by molar-refractivity contribution is 0.0835. The Morgan fingerprint density at radius 2 is 1.47 bits per heavy atom. The molecule has 0 atom stereocenters. The largest absolute Gasteiger partial charge is 0.314 e. The Morgan fingerprint density at radius 1 is 0.941 bits per heavy atom. The Bertz CT molecular complexity index is 232.